The molecule has 114 valence electrons. The van der Waals surface area contributed by atoms with Gasteiger partial charge < -0.3 is 19.6 Å². The van der Waals surface area contributed by atoms with Gasteiger partial charge in [-0.1, -0.05) is 6.92 Å². The number of hydrogen-bond donors (Lipinski definition) is 1. The maximum Gasteiger partial charge on any atom is 0.320 e. The van der Waals surface area contributed by atoms with Gasteiger partial charge >= 0.3 is 12.0 Å². The van der Waals surface area contributed by atoms with Gasteiger partial charge in [-0.25, -0.2) is 4.79 Å². The van der Waals surface area contributed by atoms with E-state index in [1.54, 1.807) is 11.8 Å². The van der Waals surface area contributed by atoms with Crippen LogP contribution in [0.4, 0.5) is 4.79 Å². The lowest BCUT2D eigenvalue weighted by atomic mass is 9.90. The van der Waals surface area contributed by atoms with Crippen LogP contribution in [0.3, 0.4) is 0 Å². The van der Waals surface area contributed by atoms with Crippen molar-refractivity contribution in [1.29, 1.82) is 0 Å². The number of morpholine rings is 1. The van der Waals surface area contributed by atoms with Gasteiger partial charge in [-0.2, -0.15) is 0 Å². The van der Waals surface area contributed by atoms with E-state index in [0.717, 1.165) is 6.42 Å². The van der Waals surface area contributed by atoms with E-state index in [1.165, 1.54) is 0 Å². The molecule has 2 fully saturated rings. The minimum absolute atomic E-state index is 0.0372. The molecule has 0 radical (unpaired) electrons. The summed E-state index contributed by atoms with van der Waals surface area (Å²) in [6.45, 7) is 7.66. The van der Waals surface area contributed by atoms with Crippen molar-refractivity contribution in [2.24, 2.45) is 5.41 Å². The number of likely N-dealkylation sites (tertiary alicyclic amines) is 1. The zero-order valence-corrected chi connectivity index (χ0v) is 12.5. The minimum Gasteiger partial charge on any atom is -0.481 e. The summed E-state index contributed by atoms with van der Waals surface area (Å²) in [6, 6.07) is 0.0485. The average molecular weight is 284 g/mol. The van der Waals surface area contributed by atoms with Crippen LogP contribution in [0.2, 0.25) is 0 Å². The molecule has 2 rings (SSSR count). The number of rotatable bonds is 2. The van der Waals surface area contributed by atoms with Gasteiger partial charge in [-0.3, -0.25) is 4.79 Å². The Bertz CT molecular complexity index is 401. The summed E-state index contributed by atoms with van der Waals surface area (Å²) < 4.78 is 5.60. The predicted octanol–water partition coefficient (Wildman–Crippen LogP) is 1.40. The van der Waals surface area contributed by atoms with Crippen molar-refractivity contribution in [2.45, 2.75) is 45.8 Å². The number of ether oxygens (including phenoxy) is 1. The Labute approximate surface area is 119 Å². The summed E-state index contributed by atoms with van der Waals surface area (Å²) in [4.78, 5) is 27.4. The van der Waals surface area contributed by atoms with Gasteiger partial charge in [0.25, 0.3) is 0 Å². The lowest BCUT2D eigenvalue weighted by molar-refractivity contribution is -0.147. The number of carboxylic acid groups (broad SMARTS) is 1. The Morgan fingerprint density at radius 1 is 1.45 bits per heavy atom. The molecule has 0 aromatic heterocycles. The molecule has 0 aliphatic carbocycles. The van der Waals surface area contributed by atoms with Gasteiger partial charge in [-0.15, -0.1) is 0 Å². The zero-order valence-electron chi connectivity index (χ0n) is 12.5. The molecule has 0 aromatic carbocycles. The van der Waals surface area contributed by atoms with E-state index in [-0.39, 0.29) is 18.2 Å². The van der Waals surface area contributed by atoms with Crippen LogP contribution in [0.1, 0.15) is 33.6 Å². The second kappa shape index (κ2) is 5.60. The molecule has 3 unspecified atom stereocenters. The van der Waals surface area contributed by atoms with E-state index in [4.69, 9.17) is 4.74 Å². The second-order valence-corrected chi connectivity index (χ2v) is 6.18. The Balaban J connectivity index is 2.05. The molecule has 0 aromatic rings. The molecule has 0 saturated carbocycles. The zero-order chi connectivity index (χ0) is 14.9. The first-order valence-electron chi connectivity index (χ1n) is 7.28. The van der Waals surface area contributed by atoms with Crippen LogP contribution in [-0.4, -0.2) is 65.3 Å². The fourth-order valence-electron chi connectivity index (χ4n) is 2.90. The third-order valence-corrected chi connectivity index (χ3v) is 4.44. The summed E-state index contributed by atoms with van der Waals surface area (Å²) in [6.07, 6.45) is 1.41. The van der Waals surface area contributed by atoms with E-state index in [2.05, 4.69) is 0 Å². The molecule has 6 nitrogen and oxygen atoms in total. The molecule has 1 N–H and O–H groups in total. The number of carbonyl (C=O) groups is 2. The minimum atomic E-state index is -0.824. The predicted molar refractivity (Wildman–Crippen MR) is 73.5 cm³/mol. The number of urea groups is 1. The first-order chi connectivity index (χ1) is 9.37. The molecular formula is C14H24N2O4. The first kappa shape index (κ1) is 15.1. The number of nitrogens with zero attached hydrogens (tertiary/aromatic N) is 2. The number of aliphatic carboxylic acids is 1. The van der Waals surface area contributed by atoms with Gasteiger partial charge in [-0.05, 0) is 26.7 Å². The Morgan fingerprint density at radius 2 is 2.15 bits per heavy atom. The molecule has 20 heavy (non-hydrogen) atoms. The van der Waals surface area contributed by atoms with Crippen LogP contribution in [0.5, 0.6) is 0 Å². The lowest BCUT2D eigenvalue weighted by Crippen LogP contribution is -2.55. The Kier molecular flexibility index (Phi) is 4.22. The molecular weight excluding hydrogens is 260 g/mol. The van der Waals surface area contributed by atoms with Crippen LogP contribution < -0.4 is 0 Å². The first-order valence-corrected chi connectivity index (χ1v) is 7.28. The second-order valence-electron chi connectivity index (χ2n) is 6.18. The van der Waals surface area contributed by atoms with Crippen LogP contribution in [0, 0.1) is 5.41 Å². The highest BCUT2D eigenvalue weighted by Crippen LogP contribution is 2.31. The molecule has 2 amide bonds. The SMILES string of the molecule is CCC1COC(C)CN1C(=O)N1CCC(C)(C(=O)O)C1. The fraction of sp³-hybridized carbons (Fsp3) is 0.857. The van der Waals surface area contributed by atoms with Crippen molar-refractivity contribution in [2.75, 3.05) is 26.2 Å². The molecule has 0 spiro atoms. The highest BCUT2D eigenvalue weighted by Gasteiger charge is 2.44. The van der Waals surface area contributed by atoms with E-state index in [0.29, 0.717) is 32.7 Å². The van der Waals surface area contributed by atoms with Crippen molar-refractivity contribution < 1.29 is 19.4 Å². The van der Waals surface area contributed by atoms with Gasteiger partial charge in [0.15, 0.2) is 0 Å². The highest BCUT2D eigenvalue weighted by molar-refractivity contribution is 5.79. The molecule has 3 atom stereocenters. The maximum absolute atomic E-state index is 12.6. The normalized spacial score (nSPS) is 34.4. The van der Waals surface area contributed by atoms with Gasteiger partial charge in [0.1, 0.15) is 0 Å². The van der Waals surface area contributed by atoms with E-state index in [9.17, 15) is 14.7 Å². The summed E-state index contributed by atoms with van der Waals surface area (Å²) >= 11 is 0. The smallest absolute Gasteiger partial charge is 0.320 e. The topological polar surface area (TPSA) is 70.1 Å². The number of amides is 2. The Hall–Kier alpha value is -1.30. The summed E-state index contributed by atoms with van der Waals surface area (Å²) in [5.41, 5.74) is -0.810. The molecule has 2 heterocycles. The standard InChI is InChI=1S/C14H24N2O4/c1-4-11-8-20-10(2)7-16(11)13(19)15-6-5-14(3,9-15)12(17)18/h10-11H,4-9H2,1-3H3,(H,17,18). The molecule has 2 saturated heterocycles. The van der Waals surface area contributed by atoms with Crippen molar-refractivity contribution in [3.63, 3.8) is 0 Å². The van der Waals surface area contributed by atoms with Crippen molar-refractivity contribution in [3.05, 3.63) is 0 Å². The largest absolute Gasteiger partial charge is 0.481 e. The number of carbonyl (C=O) groups excluding carboxylic acids is 1. The summed E-state index contributed by atoms with van der Waals surface area (Å²) in [7, 11) is 0. The number of carboxylic acids is 1. The molecule has 0 bridgehead atoms. The molecule has 6 heteroatoms. The fourth-order valence-corrected chi connectivity index (χ4v) is 2.90. The van der Waals surface area contributed by atoms with Crippen LogP contribution in [-0.2, 0) is 9.53 Å². The van der Waals surface area contributed by atoms with Crippen LogP contribution in [0.25, 0.3) is 0 Å². The highest BCUT2D eigenvalue weighted by atomic mass is 16.5. The Morgan fingerprint density at radius 3 is 2.70 bits per heavy atom. The van der Waals surface area contributed by atoms with E-state index < -0.39 is 11.4 Å². The van der Waals surface area contributed by atoms with Crippen LogP contribution in [0.15, 0.2) is 0 Å². The third-order valence-electron chi connectivity index (χ3n) is 4.44. The monoisotopic (exact) mass is 284 g/mol. The summed E-state index contributed by atoms with van der Waals surface area (Å²) in [5.74, 6) is -0.824. The van der Waals surface area contributed by atoms with E-state index >= 15 is 0 Å². The molecule has 2 aliphatic heterocycles. The third kappa shape index (κ3) is 2.75. The summed E-state index contributed by atoms with van der Waals surface area (Å²) in [5, 5.41) is 9.25. The lowest BCUT2D eigenvalue weighted by Gasteiger charge is -2.40. The van der Waals surface area contributed by atoms with Crippen molar-refractivity contribution >= 4 is 12.0 Å². The van der Waals surface area contributed by atoms with Crippen molar-refractivity contribution in [3.8, 4) is 0 Å². The maximum atomic E-state index is 12.6. The van der Waals surface area contributed by atoms with Gasteiger partial charge in [0.2, 0.25) is 0 Å². The molecule has 2 aliphatic rings. The van der Waals surface area contributed by atoms with Gasteiger partial charge in [0.05, 0.1) is 24.2 Å². The van der Waals surface area contributed by atoms with Gasteiger partial charge in [0, 0.05) is 19.6 Å². The average Bonchev–Trinajstić information content (AvgIpc) is 2.82. The van der Waals surface area contributed by atoms with Crippen molar-refractivity contribution in [1.82, 2.24) is 9.80 Å². The number of hydrogen-bond acceptors (Lipinski definition) is 3. The quantitative estimate of drug-likeness (QED) is 0.832. The van der Waals surface area contributed by atoms with E-state index in [1.807, 2.05) is 18.7 Å². The van der Waals surface area contributed by atoms with Crippen LogP contribution >= 0.6 is 0 Å².